The van der Waals surface area contributed by atoms with E-state index in [1.165, 1.54) is 38.5 Å². The van der Waals surface area contributed by atoms with Gasteiger partial charge in [-0.3, -0.25) is 0 Å². The van der Waals surface area contributed by atoms with Crippen LogP contribution in [0.5, 0.6) is 0 Å². The maximum Gasteiger partial charge on any atom is -0.00228 e. The Bertz CT molecular complexity index is 406. The van der Waals surface area contributed by atoms with Crippen LogP contribution in [0.1, 0.15) is 65.7 Å². The second-order valence-electron chi connectivity index (χ2n) is 8.10. The fourth-order valence-electron chi connectivity index (χ4n) is 6.26. The fourth-order valence-corrected chi connectivity index (χ4v) is 6.26. The van der Waals surface area contributed by atoms with E-state index in [9.17, 15) is 0 Å². The average Bonchev–Trinajstić information content (AvgIpc) is 3.06. The van der Waals surface area contributed by atoms with Crippen molar-refractivity contribution in [1.29, 1.82) is 0 Å². The van der Waals surface area contributed by atoms with Crippen molar-refractivity contribution in [3.05, 3.63) is 11.6 Å². The highest BCUT2D eigenvalue weighted by Gasteiger charge is 2.73. The van der Waals surface area contributed by atoms with Gasteiger partial charge >= 0.3 is 0 Å². The van der Waals surface area contributed by atoms with E-state index >= 15 is 0 Å². The van der Waals surface area contributed by atoms with Gasteiger partial charge in [-0.25, -0.2) is 0 Å². The zero-order valence-corrected chi connectivity index (χ0v) is 12.3. The minimum Gasteiger partial charge on any atom is -0.0776 e. The first-order chi connectivity index (χ1) is 8.60. The fraction of sp³-hybridized carbons (Fsp3) is 0.889. The van der Waals surface area contributed by atoms with Crippen LogP contribution in [0.3, 0.4) is 0 Å². The molecular formula is C18H28. The summed E-state index contributed by atoms with van der Waals surface area (Å²) in [4.78, 5) is 0. The second-order valence-corrected chi connectivity index (χ2v) is 8.10. The minimum atomic E-state index is 0.739. The lowest BCUT2D eigenvalue weighted by atomic mass is 9.31. The molecule has 6 atom stereocenters. The third-order valence-corrected chi connectivity index (χ3v) is 7.84. The molecule has 0 spiro atoms. The van der Waals surface area contributed by atoms with Crippen molar-refractivity contribution < 1.29 is 0 Å². The number of rotatable bonds is 4. The minimum absolute atomic E-state index is 0.739. The standard InChI is InChI=1S/C18H28/c1-4-12-11-14(12)6-5-13-7-9-18(3)16(13)15-8-10-17(15,18)2/h11-13,15-16H,4-10H2,1-3H3. The molecule has 0 heteroatoms. The van der Waals surface area contributed by atoms with Crippen LogP contribution in [0.2, 0.25) is 0 Å². The zero-order chi connectivity index (χ0) is 12.5. The maximum absolute atomic E-state index is 2.62. The lowest BCUT2D eigenvalue weighted by Crippen LogP contribution is -2.67. The van der Waals surface area contributed by atoms with Gasteiger partial charge in [-0.15, -0.1) is 0 Å². The average molecular weight is 244 g/mol. The van der Waals surface area contributed by atoms with Crippen LogP contribution in [-0.2, 0) is 0 Å². The van der Waals surface area contributed by atoms with E-state index in [4.69, 9.17) is 0 Å². The summed E-state index contributed by atoms with van der Waals surface area (Å²) in [5.74, 6) is 4.21. The molecule has 3 saturated carbocycles. The Hall–Kier alpha value is -0.260. The van der Waals surface area contributed by atoms with Gasteiger partial charge in [0.05, 0.1) is 0 Å². The Balaban J connectivity index is 1.39. The number of hydrogen-bond acceptors (Lipinski definition) is 0. The summed E-state index contributed by atoms with van der Waals surface area (Å²) in [7, 11) is 0. The summed E-state index contributed by atoms with van der Waals surface area (Å²) in [5.41, 5.74) is 3.29. The van der Waals surface area contributed by atoms with Crippen LogP contribution in [0.4, 0.5) is 0 Å². The Morgan fingerprint density at radius 2 is 1.94 bits per heavy atom. The Morgan fingerprint density at radius 3 is 2.56 bits per heavy atom. The van der Waals surface area contributed by atoms with Gasteiger partial charge < -0.3 is 0 Å². The highest BCUT2D eigenvalue weighted by Crippen LogP contribution is 2.80. The van der Waals surface area contributed by atoms with Crippen molar-refractivity contribution >= 4 is 0 Å². The molecule has 0 N–H and O–H groups in total. The molecule has 0 radical (unpaired) electrons. The lowest BCUT2D eigenvalue weighted by molar-refractivity contribution is -0.249. The van der Waals surface area contributed by atoms with E-state index in [0.717, 1.165) is 34.5 Å². The molecule has 0 aromatic rings. The highest BCUT2D eigenvalue weighted by molar-refractivity contribution is 5.29. The molecule has 0 aliphatic heterocycles. The van der Waals surface area contributed by atoms with Crippen molar-refractivity contribution in [3.63, 3.8) is 0 Å². The van der Waals surface area contributed by atoms with Gasteiger partial charge in [0.1, 0.15) is 0 Å². The van der Waals surface area contributed by atoms with Crippen LogP contribution >= 0.6 is 0 Å². The van der Waals surface area contributed by atoms with Crippen molar-refractivity contribution in [3.8, 4) is 0 Å². The summed E-state index contributed by atoms with van der Waals surface area (Å²) in [5, 5.41) is 0. The van der Waals surface area contributed by atoms with Crippen molar-refractivity contribution in [1.82, 2.24) is 0 Å². The van der Waals surface area contributed by atoms with Gasteiger partial charge in [-0.1, -0.05) is 32.4 Å². The van der Waals surface area contributed by atoms with Crippen LogP contribution in [0.25, 0.3) is 0 Å². The van der Waals surface area contributed by atoms with Crippen molar-refractivity contribution in [2.24, 2.45) is 34.5 Å². The third kappa shape index (κ3) is 1.18. The molecule has 4 aliphatic carbocycles. The third-order valence-electron chi connectivity index (χ3n) is 7.84. The maximum atomic E-state index is 2.62. The van der Waals surface area contributed by atoms with Gasteiger partial charge in [0.25, 0.3) is 0 Å². The Labute approximate surface area is 112 Å². The van der Waals surface area contributed by atoms with Gasteiger partial charge in [0.15, 0.2) is 0 Å². The summed E-state index contributed by atoms with van der Waals surface area (Å²) in [6, 6.07) is 0. The first-order valence-corrected chi connectivity index (χ1v) is 8.31. The molecule has 4 aliphatic rings. The Morgan fingerprint density at radius 1 is 1.17 bits per heavy atom. The molecule has 0 saturated heterocycles. The molecule has 18 heavy (non-hydrogen) atoms. The molecule has 0 bridgehead atoms. The smallest absolute Gasteiger partial charge is 0.00228 e. The van der Waals surface area contributed by atoms with Gasteiger partial charge in [0.2, 0.25) is 0 Å². The summed E-state index contributed by atoms with van der Waals surface area (Å²) < 4.78 is 0. The van der Waals surface area contributed by atoms with Gasteiger partial charge in [-0.2, -0.15) is 0 Å². The van der Waals surface area contributed by atoms with E-state index < -0.39 is 0 Å². The molecule has 100 valence electrons. The molecule has 6 unspecified atom stereocenters. The SMILES string of the molecule is CCC1C=C1CCC1CCC2(C)C1C1CCC12C. The monoisotopic (exact) mass is 244 g/mol. The zero-order valence-electron chi connectivity index (χ0n) is 12.3. The van der Waals surface area contributed by atoms with E-state index in [1.807, 2.05) is 0 Å². The van der Waals surface area contributed by atoms with E-state index in [1.54, 1.807) is 12.0 Å². The van der Waals surface area contributed by atoms with E-state index in [0.29, 0.717) is 0 Å². The highest BCUT2D eigenvalue weighted by atomic mass is 14.8. The predicted octanol–water partition coefficient (Wildman–Crippen LogP) is 5.20. The van der Waals surface area contributed by atoms with E-state index in [-0.39, 0.29) is 0 Å². The number of fused-ring (bicyclic) bond motifs is 4. The van der Waals surface area contributed by atoms with Crippen LogP contribution in [0, 0.1) is 34.5 Å². The number of allylic oxidation sites excluding steroid dienone is 2. The summed E-state index contributed by atoms with van der Waals surface area (Å²) >= 11 is 0. The molecule has 0 nitrogen and oxygen atoms in total. The lowest BCUT2D eigenvalue weighted by Gasteiger charge is -2.73. The largest absolute Gasteiger partial charge is 0.0776 e. The quantitative estimate of drug-likeness (QED) is 0.597. The molecule has 0 aromatic heterocycles. The predicted molar refractivity (Wildman–Crippen MR) is 76.3 cm³/mol. The number of hydrogen-bond donors (Lipinski definition) is 0. The summed E-state index contributed by atoms with van der Waals surface area (Å²) in [6.07, 6.45) is 13.0. The Kier molecular flexibility index (Phi) is 2.21. The summed E-state index contributed by atoms with van der Waals surface area (Å²) in [6.45, 7) is 7.54. The van der Waals surface area contributed by atoms with Crippen LogP contribution in [0.15, 0.2) is 11.6 Å². The molecular weight excluding hydrogens is 216 g/mol. The topological polar surface area (TPSA) is 0 Å². The van der Waals surface area contributed by atoms with Crippen LogP contribution < -0.4 is 0 Å². The van der Waals surface area contributed by atoms with Gasteiger partial charge in [-0.05, 0) is 79.4 Å². The first kappa shape index (κ1) is 11.6. The van der Waals surface area contributed by atoms with Crippen molar-refractivity contribution in [2.75, 3.05) is 0 Å². The first-order valence-electron chi connectivity index (χ1n) is 8.31. The molecule has 0 aromatic carbocycles. The molecule has 0 heterocycles. The molecule has 4 rings (SSSR count). The van der Waals surface area contributed by atoms with Gasteiger partial charge in [0, 0.05) is 0 Å². The molecule has 0 amide bonds. The van der Waals surface area contributed by atoms with Crippen molar-refractivity contribution in [2.45, 2.75) is 65.7 Å². The van der Waals surface area contributed by atoms with E-state index in [2.05, 4.69) is 26.8 Å². The second kappa shape index (κ2) is 3.44. The van der Waals surface area contributed by atoms with Crippen LogP contribution in [-0.4, -0.2) is 0 Å². The normalized spacial score (nSPS) is 56.1. The molecule has 3 fully saturated rings.